The van der Waals surface area contributed by atoms with Crippen molar-refractivity contribution in [3.63, 3.8) is 0 Å². The predicted molar refractivity (Wildman–Crippen MR) is 80.3 cm³/mol. The maximum absolute atomic E-state index is 12.4. The minimum absolute atomic E-state index is 0.221. The van der Waals surface area contributed by atoms with Crippen LogP contribution in [-0.4, -0.2) is 43.2 Å². The molecular weight excluding hydrogens is 266 g/mol. The van der Waals surface area contributed by atoms with Gasteiger partial charge in [0.25, 0.3) is 0 Å². The van der Waals surface area contributed by atoms with Crippen molar-refractivity contribution in [2.45, 2.75) is 38.4 Å². The van der Waals surface area contributed by atoms with E-state index in [1.54, 1.807) is 7.11 Å². The van der Waals surface area contributed by atoms with E-state index in [1.165, 1.54) is 0 Å². The number of methoxy groups -OCH3 is 1. The van der Waals surface area contributed by atoms with Crippen LogP contribution in [0.3, 0.4) is 0 Å². The molecule has 4 heteroatoms. The number of rotatable bonds is 3. The first-order valence-electron chi connectivity index (χ1n) is 7.72. The van der Waals surface area contributed by atoms with Crippen molar-refractivity contribution in [1.82, 2.24) is 4.90 Å². The number of carbonyl (C=O) groups is 1. The molecule has 0 bridgehead atoms. The quantitative estimate of drug-likeness (QED) is 0.857. The number of carbonyl (C=O) groups excluding carboxylic acids is 1. The highest BCUT2D eigenvalue weighted by Gasteiger charge is 2.38. The molecular formula is C17H23NO3. The van der Waals surface area contributed by atoms with E-state index in [1.807, 2.05) is 29.2 Å². The normalized spacial score (nSPS) is 28.3. The van der Waals surface area contributed by atoms with Crippen LogP contribution >= 0.6 is 0 Å². The second-order valence-corrected chi connectivity index (χ2v) is 6.13. The number of amides is 1. The summed E-state index contributed by atoms with van der Waals surface area (Å²) in [4.78, 5) is 14.5. The average molecular weight is 289 g/mol. The molecule has 1 aromatic rings. The summed E-state index contributed by atoms with van der Waals surface area (Å²) in [7, 11) is 1.65. The molecule has 3 rings (SSSR count). The summed E-state index contributed by atoms with van der Waals surface area (Å²) in [5, 5.41) is 0. The topological polar surface area (TPSA) is 38.8 Å². The molecule has 0 aliphatic carbocycles. The van der Waals surface area contributed by atoms with E-state index in [0.29, 0.717) is 24.5 Å². The number of benzene rings is 1. The fourth-order valence-corrected chi connectivity index (χ4v) is 3.45. The van der Waals surface area contributed by atoms with Crippen LogP contribution in [0.1, 0.15) is 25.3 Å². The Labute approximate surface area is 126 Å². The van der Waals surface area contributed by atoms with Crippen molar-refractivity contribution >= 4 is 5.91 Å². The number of fused-ring (bicyclic) bond motifs is 1. The number of hydrogen-bond donors (Lipinski definition) is 0. The minimum Gasteiger partial charge on any atom is -0.497 e. The Bertz CT molecular complexity index is 499. The minimum atomic E-state index is 0.221. The Hall–Kier alpha value is -1.55. The largest absolute Gasteiger partial charge is 0.497 e. The van der Waals surface area contributed by atoms with Crippen molar-refractivity contribution in [3.8, 4) is 5.75 Å². The van der Waals surface area contributed by atoms with Gasteiger partial charge >= 0.3 is 0 Å². The zero-order valence-electron chi connectivity index (χ0n) is 12.7. The third kappa shape index (κ3) is 3.21. The van der Waals surface area contributed by atoms with E-state index in [-0.39, 0.29) is 5.91 Å². The van der Waals surface area contributed by atoms with E-state index in [4.69, 9.17) is 9.47 Å². The molecule has 1 amide bonds. The Morgan fingerprint density at radius 3 is 2.86 bits per heavy atom. The van der Waals surface area contributed by atoms with Gasteiger partial charge in [-0.1, -0.05) is 12.1 Å². The predicted octanol–water partition coefficient (Wildman–Crippen LogP) is 2.26. The first-order valence-corrected chi connectivity index (χ1v) is 7.72. The maximum Gasteiger partial charge on any atom is 0.227 e. The zero-order chi connectivity index (χ0) is 14.8. The van der Waals surface area contributed by atoms with Gasteiger partial charge < -0.3 is 14.4 Å². The van der Waals surface area contributed by atoms with E-state index in [9.17, 15) is 4.79 Å². The Morgan fingerprint density at radius 1 is 1.38 bits per heavy atom. The summed E-state index contributed by atoms with van der Waals surface area (Å²) in [6.07, 6.45) is 3.24. The fourth-order valence-electron chi connectivity index (χ4n) is 3.45. The van der Waals surface area contributed by atoms with E-state index >= 15 is 0 Å². The van der Waals surface area contributed by atoms with Gasteiger partial charge in [0.1, 0.15) is 5.75 Å². The van der Waals surface area contributed by atoms with Gasteiger partial charge in [0.05, 0.1) is 25.7 Å². The van der Waals surface area contributed by atoms with Crippen LogP contribution in [0.5, 0.6) is 5.75 Å². The molecule has 3 atom stereocenters. The molecule has 0 unspecified atom stereocenters. The first-order chi connectivity index (χ1) is 10.2. The molecule has 2 fully saturated rings. The van der Waals surface area contributed by atoms with Crippen LogP contribution in [0.25, 0.3) is 0 Å². The lowest BCUT2D eigenvalue weighted by atomic mass is 9.92. The van der Waals surface area contributed by atoms with Gasteiger partial charge in [-0.2, -0.15) is 0 Å². The summed E-state index contributed by atoms with van der Waals surface area (Å²) in [6.45, 7) is 3.80. The molecule has 2 aliphatic rings. The molecule has 2 heterocycles. The molecule has 0 spiro atoms. The Kier molecular flexibility index (Phi) is 4.15. The maximum atomic E-state index is 12.4. The Morgan fingerprint density at radius 2 is 2.14 bits per heavy atom. The van der Waals surface area contributed by atoms with Gasteiger partial charge in [0.15, 0.2) is 0 Å². The van der Waals surface area contributed by atoms with Crippen LogP contribution in [0.15, 0.2) is 24.3 Å². The van der Waals surface area contributed by atoms with Gasteiger partial charge in [-0.3, -0.25) is 4.79 Å². The number of likely N-dealkylation sites (tertiary alicyclic amines) is 1. The van der Waals surface area contributed by atoms with Crippen molar-refractivity contribution in [3.05, 3.63) is 29.8 Å². The van der Waals surface area contributed by atoms with Gasteiger partial charge in [-0.05, 0) is 37.5 Å². The highest BCUT2D eigenvalue weighted by molar-refractivity contribution is 5.79. The fraction of sp³-hybridized carbons (Fsp3) is 0.588. The van der Waals surface area contributed by atoms with Crippen molar-refractivity contribution < 1.29 is 14.3 Å². The third-order valence-corrected chi connectivity index (χ3v) is 4.57. The molecule has 1 aromatic carbocycles. The molecule has 4 nitrogen and oxygen atoms in total. The second kappa shape index (κ2) is 6.06. The second-order valence-electron chi connectivity index (χ2n) is 6.13. The summed E-state index contributed by atoms with van der Waals surface area (Å²) >= 11 is 0. The van der Waals surface area contributed by atoms with Crippen LogP contribution in [0.2, 0.25) is 0 Å². The third-order valence-electron chi connectivity index (χ3n) is 4.57. The van der Waals surface area contributed by atoms with Crippen molar-refractivity contribution in [2.75, 3.05) is 20.2 Å². The van der Waals surface area contributed by atoms with E-state index in [2.05, 4.69) is 6.92 Å². The molecule has 21 heavy (non-hydrogen) atoms. The smallest absolute Gasteiger partial charge is 0.227 e. The van der Waals surface area contributed by atoms with Crippen LogP contribution in [0.4, 0.5) is 0 Å². The molecule has 2 aliphatic heterocycles. The summed E-state index contributed by atoms with van der Waals surface area (Å²) in [5.41, 5.74) is 1.04. The number of ether oxygens (including phenoxy) is 2. The molecule has 0 saturated carbocycles. The zero-order valence-corrected chi connectivity index (χ0v) is 12.7. The summed E-state index contributed by atoms with van der Waals surface area (Å²) in [5.74, 6) is 1.57. The summed E-state index contributed by atoms with van der Waals surface area (Å²) < 4.78 is 11.0. The lowest BCUT2D eigenvalue weighted by molar-refractivity contribution is -0.133. The number of piperidine rings is 1. The molecule has 114 valence electrons. The monoisotopic (exact) mass is 289 g/mol. The highest BCUT2D eigenvalue weighted by atomic mass is 16.5. The lowest BCUT2D eigenvalue weighted by Gasteiger charge is -2.34. The number of hydrogen-bond acceptors (Lipinski definition) is 3. The molecule has 0 radical (unpaired) electrons. The molecule has 0 N–H and O–H groups in total. The average Bonchev–Trinajstić information content (AvgIpc) is 2.87. The van der Waals surface area contributed by atoms with Gasteiger partial charge in [-0.15, -0.1) is 0 Å². The van der Waals surface area contributed by atoms with Gasteiger partial charge in [-0.25, -0.2) is 0 Å². The highest BCUT2D eigenvalue weighted by Crippen LogP contribution is 2.32. The lowest BCUT2D eigenvalue weighted by Crippen LogP contribution is -2.45. The SMILES string of the molecule is COc1ccc(CC(=O)N2CC[C@H]3O[C@H](C)C[C@@H]3C2)cc1. The van der Waals surface area contributed by atoms with Crippen molar-refractivity contribution in [1.29, 1.82) is 0 Å². The first kappa shape index (κ1) is 14.4. The van der Waals surface area contributed by atoms with Crippen LogP contribution in [0, 0.1) is 5.92 Å². The standard InChI is InChI=1S/C17H23NO3/c1-12-9-14-11-18(8-7-16(14)21-12)17(19)10-13-3-5-15(20-2)6-4-13/h3-6,12,14,16H,7-11H2,1-2H3/t12-,14-,16-/m1/s1. The van der Waals surface area contributed by atoms with Crippen LogP contribution in [-0.2, 0) is 16.0 Å². The number of nitrogens with zero attached hydrogens (tertiary/aromatic N) is 1. The van der Waals surface area contributed by atoms with E-state index < -0.39 is 0 Å². The van der Waals surface area contributed by atoms with Crippen LogP contribution < -0.4 is 4.74 Å². The van der Waals surface area contributed by atoms with E-state index in [0.717, 1.165) is 37.2 Å². The Balaban J connectivity index is 1.58. The molecule has 2 saturated heterocycles. The van der Waals surface area contributed by atoms with Crippen molar-refractivity contribution in [2.24, 2.45) is 5.92 Å². The summed E-state index contributed by atoms with van der Waals surface area (Å²) in [6, 6.07) is 7.73. The van der Waals surface area contributed by atoms with Gasteiger partial charge in [0.2, 0.25) is 5.91 Å². The van der Waals surface area contributed by atoms with Gasteiger partial charge in [0, 0.05) is 19.0 Å². The molecule has 0 aromatic heterocycles.